The first-order valence-electron chi connectivity index (χ1n) is 32.8. The van der Waals surface area contributed by atoms with E-state index in [-0.39, 0.29) is 0 Å². The fourth-order valence-electron chi connectivity index (χ4n) is 14.4. The van der Waals surface area contributed by atoms with Gasteiger partial charge < -0.3 is 18.6 Å². The molecule has 0 saturated heterocycles. The summed E-state index contributed by atoms with van der Waals surface area (Å²) in [7, 11) is 0. The van der Waals surface area contributed by atoms with Crippen LogP contribution in [0, 0.1) is 0 Å². The Morgan fingerprint density at radius 3 is 1.12 bits per heavy atom. The second-order valence-electron chi connectivity index (χ2n) is 24.7. The maximum absolute atomic E-state index is 6.55. The number of furan rings is 2. The van der Waals surface area contributed by atoms with Crippen LogP contribution in [0.5, 0.6) is 0 Å². The maximum Gasteiger partial charge on any atom is 0.136 e. The van der Waals surface area contributed by atoms with Crippen LogP contribution >= 0.6 is 0 Å². The van der Waals surface area contributed by atoms with Crippen LogP contribution in [-0.4, -0.2) is 0 Å². The van der Waals surface area contributed by atoms with Gasteiger partial charge in [-0.3, -0.25) is 0 Å². The molecule has 0 spiro atoms. The van der Waals surface area contributed by atoms with Gasteiger partial charge in [0.2, 0.25) is 0 Å². The third kappa shape index (κ3) is 10.0. The lowest BCUT2D eigenvalue weighted by Gasteiger charge is -2.29. The molecule has 0 saturated carbocycles. The van der Waals surface area contributed by atoms with E-state index in [0.29, 0.717) is 0 Å². The van der Waals surface area contributed by atoms with Crippen molar-refractivity contribution in [2.45, 2.75) is 0 Å². The Balaban J connectivity index is 0.737. The molecule has 0 aliphatic heterocycles. The Bertz CT molecular complexity index is 5950. The van der Waals surface area contributed by atoms with Crippen LogP contribution in [0.2, 0.25) is 0 Å². The molecule has 4 nitrogen and oxygen atoms in total. The fourth-order valence-corrected chi connectivity index (χ4v) is 14.4. The summed E-state index contributed by atoms with van der Waals surface area (Å²) in [5.74, 6) is 0. The molecule has 2 heterocycles. The third-order valence-electron chi connectivity index (χ3n) is 19.1. The van der Waals surface area contributed by atoms with Gasteiger partial charge in [0.1, 0.15) is 22.3 Å². The van der Waals surface area contributed by atoms with E-state index in [2.05, 4.69) is 362 Å². The molecule has 2 aromatic heterocycles. The topological polar surface area (TPSA) is 32.8 Å². The molecule has 0 fully saturated rings. The molecule has 0 aliphatic rings. The van der Waals surface area contributed by atoms with Gasteiger partial charge in [0, 0.05) is 55.4 Å². The molecule has 0 atom stereocenters. The van der Waals surface area contributed by atoms with Gasteiger partial charge in [0.05, 0.1) is 11.4 Å². The second-order valence-corrected chi connectivity index (χ2v) is 24.7. The minimum absolute atomic E-state index is 0.857. The Morgan fingerprint density at radius 1 is 0.177 bits per heavy atom. The Morgan fingerprint density at radius 2 is 0.542 bits per heavy atom. The largest absolute Gasteiger partial charge is 0.456 e. The molecule has 0 N–H and O–H groups in total. The quantitative estimate of drug-likeness (QED) is 0.115. The van der Waals surface area contributed by atoms with E-state index in [1.54, 1.807) is 0 Å². The van der Waals surface area contributed by atoms with Gasteiger partial charge in [-0.15, -0.1) is 0 Å². The summed E-state index contributed by atoms with van der Waals surface area (Å²) in [6, 6.07) is 132. The van der Waals surface area contributed by atoms with Crippen molar-refractivity contribution in [3.05, 3.63) is 364 Å². The van der Waals surface area contributed by atoms with Crippen LogP contribution in [0.3, 0.4) is 0 Å². The minimum Gasteiger partial charge on any atom is -0.456 e. The number of hydrogen-bond acceptors (Lipinski definition) is 4. The van der Waals surface area contributed by atoms with Crippen molar-refractivity contribution >= 4 is 99.5 Å². The number of para-hydroxylation sites is 3. The summed E-state index contributed by atoms with van der Waals surface area (Å²) in [6.45, 7) is 0. The Hall–Kier alpha value is -12.8. The molecule has 450 valence electrons. The number of nitrogens with zero attached hydrogens (tertiary/aromatic N) is 2. The highest BCUT2D eigenvalue weighted by atomic mass is 16.3. The van der Waals surface area contributed by atoms with Crippen molar-refractivity contribution in [1.82, 2.24) is 0 Å². The van der Waals surface area contributed by atoms with E-state index in [0.717, 1.165) is 134 Å². The summed E-state index contributed by atoms with van der Waals surface area (Å²) in [6.07, 6.45) is 0. The average Bonchev–Trinajstić information content (AvgIpc) is 1.42. The summed E-state index contributed by atoms with van der Waals surface area (Å²) < 4.78 is 13.0. The predicted molar refractivity (Wildman–Crippen MR) is 403 cm³/mol. The van der Waals surface area contributed by atoms with Gasteiger partial charge in [-0.05, 0) is 179 Å². The average molecular weight is 1230 g/mol. The van der Waals surface area contributed by atoms with E-state index < -0.39 is 0 Å². The van der Waals surface area contributed by atoms with Crippen LogP contribution < -0.4 is 9.80 Å². The van der Waals surface area contributed by atoms with Crippen LogP contribution in [0.15, 0.2) is 373 Å². The van der Waals surface area contributed by atoms with Gasteiger partial charge in [-0.2, -0.15) is 0 Å². The number of rotatable bonds is 13. The van der Waals surface area contributed by atoms with E-state index >= 15 is 0 Å². The van der Waals surface area contributed by atoms with E-state index in [1.807, 2.05) is 12.1 Å². The lowest BCUT2D eigenvalue weighted by Crippen LogP contribution is -2.11. The lowest BCUT2D eigenvalue weighted by molar-refractivity contribution is 0.668. The van der Waals surface area contributed by atoms with Crippen LogP contribution in [-0.2, 0) is 0 Å². The summed E-state index contributed by atoms with van der Waals surface area (Å²) in [5.41, 5.74) is 25.7. The zero-order chi connectivity index (χ0) is 63.5. The van der Waals surface area contributed by atoms with Crippen LogP contribution in [0.4, 0.5) is 34.1 Å². The van der Waals surface area contributed by atoms with Crippen molar-refractivity contribution in [3.63, 3.8) is 0 Å². The minimum atomic E-state index is 0.857. The zero-order valence-electron chi connectivity index (χ0n) is 52.4. The first kappa shape index (κ1) is 56.0. The first-order chi connectivity index (χ1) is 47.6. The van der Waals surface area contributed by atoms with Crippen molar-refractivity contribution in [3.8, 4) is 77.9 Å². The molecule has 4 heteroatoms. The van der Waals surface area contributed by atoms with Gasteiger partial charge in [-0.25, -0.2) is 0 Å². The third-order valence-corrected chi connectivity index (χ3v) is 19.1. The van der Waals surface area contributed by atoms with Crippen LogP contribution in [0.1, 0.15) is 0 Å². The summed E-state index contributed by atoms with van der Waals surface area (Å²) in [4.78, 5) is 4.83. The van der Waals surface area contributed by atoms with Gasteiger partial charge in [-0.1, -0.05) is 273 Å². The molecule has 0 unspecified atom stereocenters. The molecular formula is C92H60N2O2. The number of hydrogen-bond donors (Lipinski definition) is 0. The van der Waals surface area contributed by atoms with Crippen molar-refractivity contribution in [1.29, 1.82) is 0 Å². The molecule has 0 radical (unpaired) electrons. The first-order valence-corrected chi connectivity index (χ1v) is 32.8. The highest BCUT2D eigenvalue weighted by Gasteiger charge is 2.25. The Labute approximate surface area is 556 Å². The molecule has 96 heavy (non-hydrogen) atoms. The molecule has 0 aliphatic carbocycles. The summed E-state index contributed by atoms with van der Waals surface area (Å²) >= 11 is 0. The standard InChI is InChI=1S/C92H60N2O2/c1-2-18-61(19-3-1)65-42-52-75(53-43-65)94(76-56-46-63-21-5-7-23-70(63)59-76)86-60-71(49-57-80(86)82-30-17-35-90-92(82)84-28-12-15-33-88(84)96-90)67-38-36-64(37-39-67)66-44-50-73(51-45-66)93(85-31-13-10-26-79(85)81-29-16-34-89-91(81)83-27-11-14-32-87(83)95-89)74-54-47-68(48-55-74)77-24-8-9-25-78(77)72-41-40-62-20-4-6-22-69(62)58-72/h1-60H. The smallest absolute Gasteiger partial charge is 0.136 e. The van der Waals surface area contributed by atoms with Crippen molar-refractivity contribution in [2.75, 3.05) is 9.80 Å². The molecule has 18 rings (SSSR count). The molecule has 18 aromatic rings. The monoisotopic (exact) mass is 1220 g/mol. The van der Waals surface area contributed by atoms with Crippen molar-refractivity contribution < 1.29 is 8.83 Å². The highest BCUT2D eigenvalue weighted by molar-refractivity contribution is 6.15. The van der Waals surface area contributed by atoms with Gasteiger partial charge in [0.15, 0.2) is 0 Å². The predicted octanol–water partition coefficient (Wildman–Crippen LogP) is 26.4. The SMILES string of the molecule is c1ccc(-c2ccc(N(c3ccc4ccccc4c3)c3cc(-c4ccc(-c5ccc(N(c6ccc(-c7ccccc7-c7ccc8ccccc8c7)cc6)c6ccccc6-c6cccc7oc8ccccc8c67)cc5)cc4)ccc3-c3cccc4oc5ccccc5c34)cc2)cc1. The van der Waals surface area contributed by atoms with E-state index in [9.17, 15) is 0 Å². The fraction of sp³-hybridized carbons (Fsp3) is 0. The van der Waals surface area contributed by atoms with Gasteiger partial charge >= 0.3 is 0 Å². The van der Waals surface area contributed by atoms with E-state index in [1.165, 1.54) is 43.8 Å². The highest BCUT2D eigenvalue weighted by Crippen LogP contribution is 2.49. The Kier molecular flexibility index (Phi) is 13.8. The normalized spacial score (nSPS) is 11.5. The molecule has 0 bridgehead atoms. The molecule has 16 aromatic carbocycles. The summed E-state index contributed by atoms with van der Waals surface area (Å²) in [5, 5.41) is 9.20. The van der Waals surface area contributed by atoms with Gasteiger partial charge in [0.25, 0.3) is 0 Å². The molecule has 0 amide bonds. The second kappa shape index (κ2) is 23.7. The number of benzene rings is 16. The maximum atomic E-state index is 6.55. The number of fused-ring (bicyclic) bond motifs is 8. The zero-order valence-corrected chi connectivity index (χ0v) is 52.4. The van der Waals surface area contributed by atoms with Crippen LogP contribution in [0.25, 0.3) is 143 Å². The van der Waals surface area contributed by atoms with Crippen molar-refractivity contribution in [2.24, 2.45) is 0 Å². The molecular weight excluding hydrogens is 1170 g/mol. The number of anilines is 6. The lowest BCUT2D eigenvalue weighted by atomic mass is 9.93. The van der Waals surface area contributed by atoms with E-state index in [4.69, 9.17) is 8.83 Å².